The largest absolute Gasteiger partial charge is 0.475 e. The molecule has 1 aliphatic heterocycles. The standard InChI is InChI=1S/C10H11NO5S/c12-10(13)9-7(1-3-16-9)5-11-8-2-4-17(14,15)6-8/h1-4,8,11H,5-6H2,(H,12,13). The van der Waals surface area contributed by atoms with E-state index in [4.69, 9.17) is 9.52 Å². The zero-order valence-corrected chi connectivity index (χ0v) is 9.61. The molecule has 1 aromatic rings. The van der Waals surface area contributed by atoms with E-state index in [1.165, 1.54) is 6.26 Å². The van der Waals surface area contributed by atoms with E-state index in [-0.39, 0.29) is 24.1 Å². The Morgan fingerprint density at radius 1 is 1.59 bits per heavy atom. The van der Waals surface area contributed by atoms with Crippen LogP contribution in [0.5, 0.6) is 0 Å². The summed E-state index contributed by atoms with van der Waals surface area (Å²) in [5.41, 5.74) is 0.496. The van der Waals surface area contributed by atoms with E-state index in [9.17, 15) is 13.2 Å². The topological polar surface area (TPSA) is 96.6 Å². The first-order chi connectivity index (χ1) is 7.98. The average molecular weight is 257 g/mol. The van der Waals surface area contributed by atoms with Crippen molar-refractivity contribution in [1.82, 2.24) is 5.32 Å². The van der Waals surface area contributed by atoms with Gasteiger partial charge in [-0.1, -0.05) is 6.08 Å². The van der Waals surface area contributed by atoms with Crippen molar-refractivity contribution >= 4 is 15.8 Å². The molecule has 0 saturated carbocycles. The molecule has 0 radical (unpaired) electrons. The van der Waals surface area contributed by atoms with Gasteiger partial charge in [-0.15, -0.1) is 0 Å². The number of aromatic carboxylic acids is 1. The number of hydrogen-bond acceptors (Lipinski definition) is 5. The summed E-state index contributed by atoms with van der Waals surface area (Å²) in [4.78, 5) is 10.8. The number of rotatable bonds is 4. The third-order valence-electron chi connectivity index (χ3n) is 2.43. The zero-order valence-electron chi connectivity index (χ0n) is 8.79. The molecule has 1 unspecified atom stereocenters. The molecule has 92 valence electrons. The van der Waals surface area contributed by atoms with E-state index in [1.807, 2.05) is 0 Å². The van der Waals surface area contributed by atoms with Gasteiger partial charge in [0.25, 0.3) is 0 Å². The van der Waals surface area contributed by atoms with Crippen molar-refractivity contribution in [1.29, 1.82) is 0 Å². The summed E-state index contributed by atoms with van der Waals surface area (Å²) in [5.74, 6) is -1.25. The SMILES string of the molecule is O=C(O)c1occc1CNC1C=CS(=O)(=O)C1. The van der Waals surface area contributed by atoms with Crippen molar-refractivity contribution in [3.8, 4) is 0 Å². The van der Waals surface area contributed by atoms with Crippen molar-refractivity contribution in [3.05, 3.63) is 35.1 Å². The number of nitrogens with one attached hydrogen (secondary N) is 1. The third-order valence-corrected chi connectivity index (χ3v) is 3.82. The Labute approximate surface area is 97.9 Å². The molecule has 0 aliphatic carbocycles. The number of furan rings is 1. The van der Waals surface area contributed by atoms with Gasteiger partial charge in [0.05, 0.1) is 12.0 Å². The van der Waals surface area contributed by atoms with Crippen LogP contribution in [-0.4, -0.2) is 31.3 Å². The first-order valence-electron chi connectivity index (χ1n) is 4.92. The lowest BCUT2D eigenvalue weighted by atomic mass is 10.2. The summed E-state index contributed by atoms with van der Waals surface area (Å²) in [7, 11) is -3.10. The Morgan fingerprint density at radius 2 is 2.35 bits per heavy atom. The minimum atomic E-state index is -3.10. The van der Waals surface area contributed by atoms with E-state index in [0.29, 0.717) is 5.56 Å². The molecule has 2 rings (SSSR count). The van der Waals surface area contributed by atoms with Crippen LogP contribution in [-0.2, 0) is 16.4 Å². The first-order valence-corrected chi connectivity index (χ1v) is 6.63. The van der Waals surface area contributed by atoms with Crippen LogP contribution in [0, 0.1) is 0 Å². The monoisotopic (exact) mass is 257 g/mol. The van der Waals surface area contributed by atoms with Crippen LogP contribution in [0.3, 0.4) is 0 Å². The normalized spacial score (nSPS) is 21.8. The maximum atomic E-state index is 11.1. The van der Waals surface area contributed by atoms with Crippen molar-refractivity contribution in [2.45, 2.75) is 12.6 Å². The van der Waals surface area contributed by atoms with Gasteiger partial charge in [0, 0.05) is 23.6 Å². The molecule has 17 heavy (non-hydrogen) atoms. The maximum Gasteiger partial charge on any atom is 0.372 e. The molecular weight excluding hydrogens is 246 g/mol. The summed E-state index contributed by atoms with van der Waals surface area (Å²) >= 11 is 0. The van der Waals surface area contributed by atoms with Crippen LogP contribution >= 0.6 is 0 Å². The summed E-state index contributed by atoms with van der Waals surface area (Å²) < 4.78 is 27.1. The van der Waals surface area contributed by atoms with E-state index in [1.54, 1.807) is 12.1 Å². The molecule has 0 bridgehead atoms. The number of carboxylic acid groups (broad SMARTS) is 1. The van der Waals surface area contributed by atoms with E-state index in [2.05, 4.69) is 5.32 Å². The van der Waals surface area contributed by atoms with Gasteiger partial charge < -0.3 is 14.8 Å². The Bertz CT molecular complexity index is 557. The first kappa shape index (κ1) is 11.9. The smallest absolute Gasteiger partial charge is 0.372 e. The Balaban J connectivity index is 1.97. The van der Waals surface area contributed by atoms with Crippen molar-refractivity contribution in [3.63, 3.8) is 0 Å². The predicted octanol–water partition coefficient (Wildman–Crippen LogP) is 0.378. The Hall–Kier alpha value is -1.60. The van der Waals surface area contributed by atoms with Gasteiger partial charge in [0.15, 0.2) is 9.84 Å². The minimum Gasteiger partial charge on any atom is -0.475 e. The maximum absolute atomic E-state index is 11.1. The van der Waals surface area contributed by atoms with Gasteiger partial charge in [-0.3, -0.25) is 0 Å². The molecule has 1 atom stereocenters. The van der Waals surface area contributed by atoms with Gasteiger partial charge in [0.2, 0.25) is 5.76 Å². The van der Waals surface area contributed by atoms with Crippen molar-refractivity contribution in [2.24, 2.45) is 0 Å². The van der Waals surface area contributed by atoms with E-state index >= 15 is 0 Å². The highest BCUT2D eigenvalue weighted by atomic mass is 32.2. The summed E-state index contributed by atoms with van der Waals surface area (Å²) in [6, 6.07) is 1.26. The molecule has 6 nitrogen and oxygen atoms in total. The quantitative estimate of drug-likeness (QED) is 0.809. The Morgan fingerprint density at radius 3 is 2.94 bits per heavy atom. The summed E-state index contributed by atoms with van der Waals surface area (Å²) in [5, 5.41) is 12.9. The molecule has 2 N–H and O–H groups in total. The average Bonchev–Trinajstić information content (AvgIpc) is 2.81. The van der Waals surface area contributed by atoms with Gasteiger partial charge >= 0.3 is 5.97 Å². The molecule has 0 saturated heterocycles. The van der Waals surface area contributed by atoms with E-state index in [0.717, 1.165) is 5.41 Å². The molecule has 0 aromatic carbocycles. The fraction of sp³-hybridized carbons (Fsp3) is 0.300. The molecule has 0 fully saturated rings. The minimum absolute atomic E-state index is 0.00720. The molecule has 1 aromatic heterocycles. The number of sulfone groups is 1. The summed E-state index contributed by atoms with van der Waals surface area (Å²) in [6.07, 6.45) is 2.84. The second kappa shape index (κ2) is 4.34. The molecule has 7 heteroatoms. The van der Waals surface area contributed by atoms with E-state index < -0.39 is 15.8 Å². The fourth-order valence-electron chi connectivity index (χ4n) is 1.61. The number of carboxylic acids is 1. The zero-order chi connectivity index (χ0) is 12.5. The highest BCUT2D eigenvalue weighted by molar-refractivity contribution is 7.94. The highest BCUT2D eigenvalue weighted by Gasteiger charge is 2.22. The van der Waals surface area contributed by atoms with Gasteiger partial charge in [-0.25, -0.2) is 13.2 Å². The second-order valence-corrected chi connectivity index (χ2v) is 5.66. The van der Waals surface area contributed by atoms with Gasteiger partial charge in [0.1, 0.15) is 0 Å². The molecule has 0 spiro atoms. The Kier molecular flexibility index (Phi) is 3.03. The lowest BCUT2D eigenvalue weighted by molar-refractivity contribution is 0.0660. The second-order valence-electron chi connectivity index (χ2n) is 3.73. The van der Waals surface area contributed by atoms with Crippen LogP contribution in [0.4, 0.5) is 0 Å². The highest BCUT2D eigenvalue weighted by Crippen LogP contribution is 2.12. The van der Waals surface area contributed by atoms with Crippen molar-refractivity contribution < 1.29 is 22.7 Å². The van der Waals surface area contributed by atoms with Crippen LogP contribution in [0.15, 0.2) is 28.2 Å². The fourth-order valence-corrected chi connectivity index (χ4v) is 2.88. The third kappa shape index (κ3) is 2.75. The molecular formula is C10H11NO5S. The summed E-state index contributed by atoms with van der Waals surface area (Å²) in [6.45, 7) is 0.253. The lowest BCUT2D eigenvalue weighted by Gasteiger charge is -2.08. The number of hydrogen-bond donors (Lipinski definition) is 2. The van der Waals surface area contributed by atoms with Crippen LogP contribution in [0.1, 0.15) is 16.1 Å². The van der Waals surface area contributed by atoms with Crippen molar-refractivity contribution in [2.75, 3.05) is 5.75 Å². The predicted molar refractivity (Wildman–Crippen MR) is 59.2 cm³/mol. The van der Waals surface area contributed by atoms with Crippen LogP contribution < -0.4 is 5.32 Å². The molecule has 0 amide bonds. The van der Waals surface area contributed by atoms with Gasteiger partial charge in [-0.2, -0.15) is 0 Å². The number of carbonyl (C=O) groups is 1. The lowest BCUT2D eigenvalue weighted by Crippen LogP contribution is -2.29. The van der Waals surface area contributed by atoms with Gasteiger partial charge in [-0.05, 0) is 6.07 Å². The molecule has 1 aliphatic rings. The van der Waals surface area contributed by atoms with Crippen LogP contribution in [0.25, 0.3) is 0 Å². The molecule has 2 heterocycles. The van der Waals surface area contributed by atoms with Crippen LogP contribution in [0.2, 0.25) is 0 Å².